The van der Waals surface area contributed by atoms with E-state index < -0.39 is 0 Å². The molecule has 0 amide bonds. The molecule has 0 bridgehead atoms. The number of halogens is 1. The second-order valence-electron chi connectivity index (χ2n) is 3.56. The molecule has 5 heteroatoms. The number of hydrogen-bond acceptors (Lipinski definition) is 3. The number of benzene rings is 1. The molecule has 0 atom stereocenters. The van der Waals surface area contributed by atoms with E-state index in [9.17, 15) is 4.39 Å². The molecule has 0 saturated heterocycles. The average Bonchev–Trinajstić information content (AvgIpc) is 2.67. The van der Waals surface area contributed by atoms with Gasteiger partial charge < -0.3 is 5.11 Å². The Kier molecular flexibility index (Phi) is 2.96. The minimum atomic E-state index is -0.267. The Hall–Kier alpha value is -1.75. The maximum absolute atomic E-state index is 12.9. The predicted octanol–water partition coefficient (Wildman–Crippen LogP) is 1.25. The lowest BCUT2D eigenvalue weighted by molar-refractivity contribution is 0.298. The van der Waals surface area contributed by atoms with Crippen molar-refractivity contribution in [2.75, 3.05) is 6.61 Å². The van der Waals surface area contributed by atoms with Crippen molar-refractivity contribution in [2.24, 2.45) is 0 Å². The predicted molar refractivity (Wildman–Crippen MR) is 56.8 cm³/mol. The molecule has 1 N–H and O–H groups in total. The summed E-state index contributed by atoms with van der Waals surface area (Å²) in [6, 6.07) is 4.49. The molecule has 0 aliphatic heterocycles. The van der Waals surface area contributed by atoms with E-state index in [0.29, 0.717) is 12.1 Å². The van der Waals surface area contributed by atoms with Crippen molar-refractivity contribution in [1.29, 1.82) is 0 Å². The molecule has 84 valence electrons. The van der Waals surface area contributed by atoms with Crippen LogP contribution in [0.25, 0.3) is 5.69 Å². The van der Waals surface area contributed by atoms with Gasteiger partial charge in [-0.3, -0.25) is 0 Å². The van der Waals surface area contributed by atoms with E-state index in [-0.39, 0.29) is 12.4 Å². The van der Waals surface area contributed by atoms with Crippen molar-refractivity contribution in [3.8, 4) is 5.69 Å². The number of aliphatic hydroxyl groups excluding tert-OH is 1. The molecule has 0 aliphatic rings. The molecule has 1 aromatic heterocycles. The first kappa shape index (κ1) is 10.8. The van der Waals surface area contributed by atoms with E-state index in [0.717, 1.165) is 11.3 Å². The molecule has 1 heterocycles. The summed E-state index contributed by atoms with van der Waals surface area (Å²) in [6.45, 7) is 1.85. The Morgan fingerprint density at radius 1 is 1.44 bits per heavy atom. The van der Waals surface area contributed by atoms with Crippen molar-refractivity contribution >= 4 is 0 Å². The lowest BCUT2D eigenvalue weighted by atomic mass is 10.2. The lowest BCUT2D eigenvalue weighted by Gasteiger charge is -2.03. The number of nitrogens with zero attached hydrogens (tertiary/aromatic N) is 3. The van der Waals surface area contributed by atoms with Gasteiger partial charge in [-0.05, 0) is 30.7 Å². The molecule has 1 aromatic carbocycles. The molecule has 0 unspecified atom stereocenters. The van der Waals surface area contributed by atoms with Crippen LogP contribution in [0.3, 0.4) is 0 Å². The van der Waals surface area contributed by atoms with Gasteiger partial charge in [0.1, 0.15) is 5.82 Å². The molecule has 0 spiro atoms. The summed E-state index contributed by atoms with van der Waals surface area (Å²) < 4.78 is 14.5. The quantitative estimate of drug-likeness (QED) is 0.848. The highest BCUT2D eigenvalue weighted by atomic mass is 19.1. The van der Waals surface area contributed by atoms with E-state index >= 15 is 0 Å². The normalized spacial score (nSPS) is 10.7. The summed E-state index contributed by atoms with van der Waals surface area (Å²) in [5.41, 5.74) is 2.30. The van der Waals surface area contributed by atoms with Crippen LogP contribution < -0.4 is 0 Å². The van der Waals surface area contributed by atoms with Crippen LogP contribution in [-0.4, -0.2) is 26.7 Å². The Balaban J connectivity index is 2.35. The fraction of sp³-hybridized carbons (Fsp3) is 0.273. The Morgan fingerprint density at radius 3 is 2.94 bits per heavy atom. The second kappa shape index (κ2) is 4.40. The number of rotatable bonds is 3. The summed E-state index contributed by atoms with van der Waals surface area (Å²) in [5.74, 6) is -0.267. The van der Waals surface area contributed by atoms with Crippen molar-refractivity contribution in [1.82, 2.24) is 15.0 Å². The van der Waals surface area contributed by atoms with Gasteiger partial charge in [-0.15, -0.1) is 5.10 Å². The first-order chi connectivity index (χ1) is 7.70. The molecule has 2 aromatic rings. The highest BCUT2D eigenvalue weighted by Gasteiger charge is 2.05. The molecule has 2 rings (SSSR count). The van der Waals surface area contributed by atoms with Crippen molar-refractivity contribution in [3.05, 3.63) is 41.5 Å². The van der Waals surface area contributed by atoms with E-state index in [1.807, 2.05) is 6.92 Å². The van der Waals surface area contributed by atoms with E-state index in [1.54, 1.807) is 16.9 Å². The Bertz CT molecular complexity index is 496. The summed E-state index contributed by atoms with van der Waals surface area (Å²) >= 11 is 0. The van der Waals surface area contributed by atoms with E-state index in [4.69, 9.17) is 5.11 Å². The van der Waals surface area contributed by atoms with Crippen LogP contribution in [0, 0.1) is 12.7 Å². The van der Waals surface area contributed by atoms with Crippen molar-refractivity contribution in [3.63, 3.8) is 0 Å². The monoisotopic (exact) mass is 221 g/mol. The third kappa shape index (κ3) is 2.09. The van der Waals surface area contributed by atoms with Gasteiger partial charge in [0.2, 0.25) is 0 Å². The number of aryl methyl sites for hydroxylation is 1. The van der Waals surface area contributed by atoms with Gasteiger partial charge in [0.15, 0.2) is 0 Å². The zero-order valence-corrected chi connectivity index (χ0v) is 8.89. The van der Waals surface area contributed by atoms with E-state index in [2.05, 4.69) is 10.3 Å². The zero-order chi connectivity index (χ0) is 11.5. The summed E-state index contributed by atoms with van der Waals surface area (Å²) in [6.07, 6.45) is 2.21. The lowest BCUT2D eigenvalue weighted by Crippen LogP contribution is -1.98. The van der Waals surface area contributed by atoms with Crippen LogP contribution in [0.2, 0.25) is 0 Å². The standard InChI is InChI=1S/C11H12FN3O/c1-8-6-9(12)2-3-11(8)15-7-10(4-5-16)13-14-15/h2-3,6-7,16H,4-5H2,1H3. The largest absolute Gasteiger partial charge is 0.396 e. The maximum atomic E-state index is 12.9. The topological polar surface area (TPSA) is 50.9 Å². The highest BCUT2D eigenvalue weighted by molar-refractivity contribution is 5.39. The molecule has 0 saturated carbocycles. The van der Waals surface area contributed by atoms with Gasteiger partial charge >= 0.3 is 0 Å². The van der Waals surface area contributed by atoms with Crippen LogP contribution in [-0.2, 0) is 6.42 Å². The summed E-state index contributed by atoms with van der Waals surface area (Å²) in [4.78, 5) is 0. The van der Waals surface area contributed by atoms with Gasteiger partial charge in [-0.2, -0.15) is 0 Å². The fourth-order valence-electron chi connectivity index (χ4n) is 1.52. The third-order valence-electron chi connectivity index (χ3n) is 2.31. The molecular formula is C11H12FN3O. The first-order valence-corrected chi connectivity index (χ1v) is 4.99. The number of aliphatic hydroxyl groups is 1. The van der Waals surface area contributed by atoms with E-state index in [1.165, 1.54) is 12.1 Å². The fourth-order valence-corrected chi connectivity index (χ4v) is 1.52. The number of hydrogen-bond donors (Lipinski definition) is 1. The number of aromatic nitrogens is 3. The SMILES string of the molecule is Cc1cc(F)ccc1-n1cc(CCO)nn1. The first-order valence-electron chi connectivity index (χ1n) is 4.99. The minimum absolute atomic E-state index is 0.0428. The van der Waals surface area contributed by atoms with Crippen molar-refractivity contribution < 1.29 is 9.50 Å². The van der Waals surface area contributed by atoms with Gasteiger partial charge in [0.05, 0.1) is 17.6 Å². The Labute approximate surface area is 92.3 Å². The second-order valence-corrected chi connectivity index (χ2v) is 3.56. The molecule has 0 radical (unpaired) electrons. The smallest absolute Gasteiger partial charge is 0.123 e. The van der Waals surface area contributed by atoms with Crippen LogP contribution in [0.5, 0.6) is 0 Å². The molecule has 16 heavy (non-hydrogen) atoms. The van der Waals surface area contributed by atoms with Gasteiger partial charge in [0, 0.05) is 13.0 Å². The minimum Gasteiger partial charge on any atom is -0.396 e. The van der Waals surface area contributed by atoms with Crippen LogP contribution in [0.1, 0.15) is 11.3 Å². The highest BCUT2D eigenvalue weighted by Crippen LogP contribution is 2.14. The van der Waals surface area contributed by atoms with Gasteiger partial charge in [0.25, 0.3) is 0 Å². The molecule has 0 aliphatic carbocycles. The van der Waals surface area contributed by atoms with Gasteiger partial charge in [-0.1, -0.05) is 5.21 Å². The summed E-state index contributed by atoms with van der Waals surface area (Å²) in [5, 5.41) is 16.6. The van der Waals surface area contributed by atoms with Crippen molar-refractivity contribution in [2.45, 2.75) is 13.3 Å². The maximum Gasteiger partial charge on any atom is 0.123 e. The van der Waals surface area contributed by atoms with Crippen LogP contribution in [0.4, 0.5) is 4.39 Å². The third-order valence-corrected chi connectivity index (χ3v) is 2.31. The molecule has 4 nitrogen and oxygen atoms in total. The average molecular weight is 221 g/mol. The summed E-state index contributed by atoms with van der Waals surface area (Å²) in [7, 11) is 0. The zero-order valence-electron chi connectivity index (χ0n) is 8.89. The van der Waals surface area contributed by atoms with Crippen LogP contribution >= 0.6 is 0 Å². The molecular weight excluding hydrogens is 209 g/mol. The Morgan fingerprint density at radius 2 is 2.25 bits per heavy atom. The van der Waals surface area contributed by atoms with Gasteiger partial charge in [-0.25, -0.2) is 9.07 Å². The van der Waals surface area contributed by atoms with Crippen LogP contribution in [0.15, 0.2) is 24.4 Å². The molecule has 0 fully saturated rings.